The predicted octanol–water partition coefficient (Wildman–Crippen LogP) is 2.51. The van der Waals surface area contributed by atoms with E-state index in [-0.39, 0.29) is 10.5 Å². The SMILES string of the molecule is C[C@@H](C(=O)Nc1cccc(Cl)c1)N1C(=O)c2ccccc2S1(=O)=O. The summed E-state index contributed by atoms with van der Waals surface area (Å²) >= 11 is 5.85. The van der Waals surface area contributed by atoms with Crippen LogP contribution in [0, 0.1) is 0 Å². The molecule has 0 saturated carbocycles. The first kappa shape index (κ1) is 16.5. The van der Waals surface area contributed by atoms with Crippen molar-refractivity contribution in [3.8, 4) is 0 Å². The van der Waals surface area contributed by atoms with Gasteiger partial charge in [-0.05, 0) is 37.3 Å². The second kappa shape index (κ2) is 5.92. The molecule has 0 aromatic heterocycles. The molecular weight excluding hydrogens is 352 g/mol. The van der Waals surface area contributed by atoms with E-state index in [2.05, 4.69) is 5.32 Å². The Balaban J connectivity index is 1.89. The molecule has 1 N–H and O–H groups in total. The highest BCUT2D eigenvalue weighted by Gasteiger charge is 2.45. The van der Waals surface area contributed by atoms with E-state index in [4.69, 9.17) is 11.6 Å². The van der Waals surface area contributed by atoms with Crippen LogP contribution >= 0.6 is 11.6 Å². The Morgan fingerprint density at radius 3 is 2.54 bits per heavy atom. The monoisotopic (exact) mass is 364 g/mol. The molecular formula is C16H13ClN2O4S. The summed E-state index contributed by atoms with van der Waals surface area (Å²) < 4.78 is 25.7. The third-order valence-corrected chi connectivity index (χ3v) is 5.82. The first-order valence-electron chi connectivity index (χ1n) is 7.06. The Bertz CT molecular complexity index is 943. The van der Waals surface area contributed by atoms with Crippen molar-refractivity contribution in [1.82, 2.24) is 4.31 Å². The Morgan fingerprint density at radius 1 is 1.17 bits per heavy atom. The molecule has 0 radical (unpaired) electrons. The molecule has 0 bridgehead atoms. The van der Waals surface area contributed by atoms with Gasteiger partial charge in [-0.2, -0.15) is 0 Å². The number of nitrogens with one attached hydrogen (secondary N) is 1. The molecule has 0 unspecified atom stereocenters. The highest BCUT2D eigenvalue weighted by atomic mass is 35.5. The van der Waals surface area contributed by atoms with Crippen LogP contribution in [-0.4, -0.2) is 30.6 Å². The van der Waals surface area contributed by atoms with Gasteiger partial charge in [-0.1, -0.05) is 29.8 Å². The summed E-state index contributed by atoms with van der Waals surface area (Å²) in [5.74, 6) is -1.33. The fraction of sp³-hybridized carbons (Fsp3) is 0.125. The number of sulfonamides is 1. The Kier molecular flexibility index (Phi) is 4.06. The zero-order valence-electron chi connectivity index (χ0n) is 12.6. The number of nitrogens with zero attached hydrogens (tertiary/aromatic N) is 1. The number of hydrogen-bond acceptors (Lipinski definition) is 4. The van der Waals surface area contributed by atoms with Gasteiger partial charge in [0.1, 0.15) is 10.9 Å². The third kappa shape index (κ3) is 2.65. The normalized spacial score (nSPS) is 16.6. The minimum atomic E-state index is -4.04. The van der Waals surface area contributed by atoms with Gasteiger partial charge in [-0.3, -0.25) is 9.59 Å². The van der Waals surface area contributed by atoms with E-state index in [0.717, 1.165) is 0 Å². The molecule has 0 spiro atoms. The second-order valence-corrected chi connectivity index (χ2v) is 7.50. The lowest BCUT2D eigenvalue weighted by Crippen LogP contribution is -2.45. The van der Waals surface area contributed by atoms with E-state index in [0.29, 0.717) is 15.0 Å². The van der Waals surface area contributed by atoms with E-state index in [9.17, 15) is 18.0 Å². The maximum absolute atomic E-state index is 12.6. The summed E-state index contributed by atoms with van der Waals surface area (Å²) in [5.41, 5.74) is 0.487. The highest BCUT2D eigenvalue weighted by molar-refractivity contribution is 7.90. The van der Waals surface area contributed by atoms with Crippen LogP contribution < -0.4 is 5.32 Å². The van der Waals surface area contributed by atoms with E-state index in [1.807, 2.05) is 0 Å². The molecule has 8 heteroatoms. The van der Waals surface area contributed by atoms with Gasteiger partial charge in [0.05, 0.1) is 5.56 Å². The van der Waals surface area contributed by atoms with Gasteiger partial charge in [0.25, 0.3) is 15.9 Å². The molecule has 6 nitrogen and oxygen atoms in total. The van der Waals surface area contributed by atoms with Crippen molar-refractivity contribution < 1.29 is 18.0 Å². The maximum atomic E-state index is 12.6. The molecule has 1 atom stereocenters. The van der Waals surface area contributed by atoms with Crippen molar-refractivity contribution in [3.63, 3.8) is 0 Å². The van der Waals surface area contributed by atoms with Crippen LogP contribution in [0.4, 0.5) is 5.69 Å². The number of benzene rings is 2. The maximum Gasteiger partial charge on any atom is 0.269 e. The standard InChI is InChI=1S/C16H13ClN2O4S/c1-10(15(20)18-12-6-4-5-11(17)9-12)19-16(21)13-7-2-3-8-14(13)24(19,22)23/h2-10H,1H3,(H,18,20)/t10-/m0/s1. The molecule has 2 amide bonds. The highest BCUT2D eigenvalue weighted by Crippen LogP contribution is 2.31. The van der Waals surface area contributed by atoms with Crippen molar-refractivity contribution >= 4 is 39.1 Å². The summed E-state index contributed by atoms with van der Waals surface area (Å²) in [6.07, 6.45) is 0. The minimum Gasteiger partial charge on any atom is -0.324 e. The summed E-state index contributed by atoms with van der Waals surface area (Å²) in [7, 11) is -4.04. The molecule has 0 aliphatic carbocycles. The summed E-state index contributed by atoms with van der Waals surface area (Å²) in [6, 6.07) is 11.1. The number of carbonyl (C=O) groups excluding carboxylic acids is 2. The zero-order chi connectivity index (χ0) is 17.5. The molecule has 0 saturated heterocycles. The lowest BCUT2D eigenvalue weighted by molar-refractivity contribution is -0.118. The van der Waals surface area contributed by atoms with Crippen molar-refractivity contribution in [2.45, 2.75) is 17.9 Å². The van der Waals surface area contributed by atoms with Crippen LogP contribution in [0.15, 0.2) is 53.4 Å². The van der Waals surface area contributed by atoms with Crippen LogP contribution in [0.2, 0.25) is 5.02 Å². The van der Waals surface area contributed by atoms with Crippen LogP contribution in [0.1, 0.15) is 17.3 Å². The van der Waals surface area contributed by atoms with Crippen LogP contribution in [0.3, 0.4) is 0 Å². The third-order valence-electron chi connectivity index (χ3n) is 3.68. The van der Waals surface area contributed by atoms with Crippen molar-refractivity contribution in [2.75, 3.05) is 5.32 Å². The summed E-state index contributed by atoms with van der Waals surface area (Å²) in [5, 5.41) is 2.99. The van der Waals surface area contributed by atoms with Gasteiger partial charge in [0.15, 0.2) is 0 Å². The van der Waals surface area contributed by atoms with Crippen LogP contribution in [-0.2, 0) is 14.8 Å². The minimum absolute atomic E-state index is 0.0694. The first-order chi connectivity index (χ1) is 11.3. The van der Waals surface area contributed by atoms with Gasteiger partial charge < -0.3 is 5.32 Å². The number of fused-ring (bicyclic) bond motifs is 1. The average molecular weight is 365 g/mol. The van der Waals surface area contributed by atoms with Crippen LogP contribution in [0.25, 0.3) is 0 Å². The molecule has 3 rings (SSSR count). The number of halogens is 1. The van der Waals surface area contributed by atoms with Crippen LogP contribution in [0.5, 0.6) is 0 Å². The van der Waals surface area contributed by atoms with Gasteiger partial charge in [-0.15, -0.1) is 0 Å². The van der Waals surface area contributed by atoms with Gasteiger partial charge >= 0.3 is 0 Å². The van der Waals surface area contributed by atoms with Crippen molar-refractivity contribution in [1.29, 1.82) is 0 Å². The molecule has 2 aromatic carbocycles. The number of amides is 2. The Labute approximate surface area is 144 Å². The average Bonchev–Trinajstić information content (AvgIpc) is 2.74. The topological polar surface area (TPSA) is 83.6 Å². The zero-order valence-corrected chi connectivity index (χ0v) is 14.1. The summed E-state index contributed by atoms with van der Waals surface area (Å²) in [6.45, 7) is 1.36. The van der Waals surface area contributed by atoms with Crippen molar-refractivity contribution in [3.05, 3.63) is 59.1 Å². The van der Waals surface area contributed by atoms with E-state index in [1.54, 1.807) is 24.3 Å². The number of anilines is 1. The smallest absolute Gasteiger partial charge is 0.269 e. The number of carbonyl (C=O) groups is 2. The fourth-order valence-corrected chi connectivity index (χ4v) is 4.42. The molecule has 1 heterocycles. The lowest BCUT2D eigenvalue weighted by atomic mass is 10.2. The molecule has 2 aromatic rings. The van der Waals surface area contributed by atoms with Gasteiger partial charge in [-0.25, -0.2) is 12.7 Å². The van der Waals surface area contributed by atoms with E-state index >= 15 is 0 Å². The molecule has 0 fully saturated rings. The second-order valence-electron chi connectivity index (χ2n) is 5.28. The fourth-order valence-electron chi connectivity index (χ4n) is 2.51. The quantitative estimate of drug-likeness (QED) is 0.907. The van der Waals surface area contributed by atoms with Gasteiger partial charge in [0, 0.05) is 10.7 Å². The molecule has 24 heavy (non-hydrogen) atoms. The number of rotatable bonds is 3. The molecule has 1 aliphatic rings. The Morgan fingerprint density at radius 2 is 1.88 bits per heavy atom. The van der Waals surface area contributed by atoms with Gasteiger partial charge in [0.2, 0.25) is 5.91 Å². The molecule has 124 valence electrons. The first-order valence-corrected chi connectivity index (χ1v) is 8.88. The molecule has 1 aliphatic heterocycles. The largest absolute Gasteiger partial charge is 0.324 e. The lowest BCUT2D eigenvalue weighted by Gasteiger charge is -2.22. The summed E-state index contributed by atoms with van der Waals surface area (Å²) in [4.78, 5) is 24.7. The number of hydrogen-bond donors (Lipinski definition) is 1. The predicted molar refractivity (Wildman–Crippen MR) is 89.3 cm³/mol. The van der Waals surface area contributed by atoms with Crippen molar-refractivity contribution in [2.24, 2.45) is 0 Å². The van der Waals surface area contributed by atoms with E-state index < -0.39 is 27.9 Å². The van der Waals surface area contributed by atoms with E-state index in [1.165, 1.54) is 31.2 Å². The Hall–Kier alpha value is -2.38.